The van der Waals surface area contributed by atoms with Crippen molar-refractivity contribution < 1.29 is 14.3 Å². The minimum atomic E-state index is -0.225. The van der Waals surface area contributed by atoms with Crippen LogP contribution in [0, 0.1) is 0 Å². The molecule has 3 aromatic rings. The Bertz CT molecular complexity index is 959. The summed E-state index contributed by atoms with van der Waals surface area (Å²) in [5.74, 6) is 0.733. The number of para-hydroxylation sites is 2. The molecule has 27 heavy (non-hydrogen) atoms. The van der Waals surface area contributed by atoms with Gasteiger partial charge in [-0.1, -0.05) is 36.4 Å². The van der Waals surface area contributed by atoms with Gasteiger partial charge in [-0.05, 0) is 36.4 Å². The Kier molecular flexibility index (Phi) is 4.78. The average molecular weight is 359 g/mol. The Morgan fingerprint density at radius 1 is 0.963 bits per heavy atom. The molecule has 1 aromatic heterocycles. The van der Waals surface area contributed by atoms with E-state index in [2.05, 4.69) is 10.1 Å². The first-order chi connectivity index (χ1) is 13.3. The van der Waals surface area contributed by atoms with Crippen LogP contribution in [-0.4, -0.2) is 23.4 Å². The fourth-order valence-electron chi connectivity index (χ4n) is 2.67. The SMILES string of the molecule is O=C1COC(c2ccccc2OCc2ccccn2)=NN1c1ccccc1. The van der Waals surface area contributed by atoms with E-state index in [-0.39, 0.29) is 12.5 Å². The Morgan fingerprint density at radius 2 is 1.74 bits per heavy atom. The number of ether oxygens (including phenoxy) is 2. The highest BCUT2D eigenvalue weighted by Crippen LogP contribution is 2.24. The summed E-state index contributed by atoms with van der Waals surface area (Å²) >= 11 is 0. The lowest BCUT2D eigenvalue weighted by molar-refractivity contribution is -0.121. The van der Waals surface area contributed by atoms with Gasteiger partial charge in [-0.15, -0.1) is 5.10 Å². The first kappa shape index (κ1) is 16.8. The van der Waals surface area contributed by atoms with Crippen LogP contribution < -0.4 is 9.75 Å². The van der Waals surface area contributed by atoms with E-state index in [4.69, 9.17) is 9.47 Å². The zero-order valence-corrected chi connectivity index (χ0v) is 14.5. The minimum Gasteiger partial charge on any atom is -0.486 e. The molecular weight excluding hydrogens is 342 g/mol. The summed E-state index contributed by atoms with van der Waals surface area (Å²) in [6.45, 7) is 0.245. The monoisotopic (exact) mass is 359 g/mol. The average Bonchev–Trinajstić information content (AvgIpc) is 2.74. The number of pyridine rings is 1. The molecule has 1 aliphatic rings. The highest BCUT2D eigenvalue weighted by atomic mass is 16.5. The molecule has 1 aliphatic heterocycles. The number of carbonyl (C=O) groups is 1. The van der Waals surface area contributed by atoms with Crippen molar-refractivity contribution in [2.24, 2.45) is 5.10 Å². The van der Waals surface area contributed by atoms with Crippen molar-refractivity contribution in [3.8, 4) is 5.75 Å². The van der Waals surface area contributed by atoms with Crippen LogP contribution in [0.1, 0.15) is 11.3 Å². The lowest BCUT2D eigenvalue weighted by atomic mass is 10.2. The minimum absolute atomic E-state index is 0.0810. The second-order valence-electron chi connectivity index (χ2n) is 5.84. The number of hydrazone groups is 1. The van der Waals surface area contributed by atoms with Crippen LogP contribution in [-0.2, 0) is 16.1 Å². The van der Waals surface area contributed by atoms with Crippen LogP contribution in [0.5, 0.6) is 5.75 Å². The largest absolute Gasteiger partial charge is 0.486 e. The quantitative estimate of drug-likeness (QED) is 0.700. The van der Waals surface area contributed by atoms with E-state index in [1.165, 1.54) is 5.01 Å². The molecule has 0 fully saturated rings. The van der Waals surface area contributed by atoms with Gasteiger partial charge in [0.1, 0.15) is 12.4 Å². The van der Waals surface area contributed by atoms with Gasteiger partial charge in [-0.25, -0.2) is 0 Å². The maximum Gasteiger partial charge on any atom is 0.285 e. The number of hydrogen-bond donors (Lipinski definition) is 0. The standard InChI is InChI=1S/C21H17N3O3/c25-20-15-27-21(23-24(20)17-9-2-1-3-10-17)18-11-4-5-12-19(18)26-14-16-8-6-7-13-22-16/h1-13H,14-15H2. The van der Waals surface area contributed by atoms with Crippen LogP contribution >= 0.6 is 0 Å². The van der Waals surface area contributed by atoms with Gasteiger partial charge in [0.15, 0.2) is 6.61 Å². The summed E-state index contributed by atoms with van der Waals surface area (Å²) in [5, 5.41) is 5.76. The maximum atomic E-state index is 12.2. The lowest BCUT2D eigenvalue weighted by Crippen LogP contribution is -2.36. The van der Waals surface area contributed by atoms with Gasteiger partial charge in [0, 0.05) is 6.20 Å². The number of rotatable bonds is 5. The number of amides is 1. The molecule has 0 spiro atoms. The summed E-state index contributed by atoms with van der Waals surface area (Å²) in [6.07, 6.45) is 1.72. The number of hydrogen-bond acceptors (Lipinski definition) is 5. The topological polar surface area (TPSA) is 64.0 Å². The van der Waals surface area contributed by atoms with Crippen molar-refractivity contribution in [2.45, 2.75) is 6.61 Å². The number of anilines is 1. The van der Waals surface area contributed by atoms with Crippen LogP contribution in [0.4, 0.5) is 5.69 Å². The van der Waals surface area contributed by atoms with Crippen molar-refractivity contribution in [1.82, 2.24) is 4.98 Å². The maximum absolute atomic E-state index is 12.2. The molecular formula is C21H17N3O3. The molecule has 0 bridgehead atoms. The molecule has 1 amide bonds. The summed E-state index contributed by atoms with van der Waals surface area (Å²) in [4.78, 5) is 16.5. The molecule has 0 unspecified atom stereocenters. The predicted octanol–water partition coefficient (Wildman–Crippen LogP) is 3.39. The van der Waals surface area contributed by atoms with Crippen LogP contribution in [0.15, 0.2) is 84.1 Å². The smallest absolute Gasteiger partial charge is 0.285 e. The highest BCUT2D eigenvalue weighted by molar-refractivity contribution is 6.05. The van der Waals surface area contributed by atoms with Gasteiger partial charge in [0.2, 0.25) is 5.90 Å². The molecule has 2 aromatic carbocycles. The summed E-state index contributed by atoms with van der Waals surface area (Å²) in [6, 6.07) is 22.4. The molecule has 6 nitrogen and oxygen atoms in total. The third-order valence-electron chi connectivity index (χ3n) is 3.98. The molecule has 0 saturated heterocycles. The normalized spacial score (nSPS) is 13.7. The third-order valence-corrected chi connectivity index (χ3v) is 3.98. The Labute approximate surface area is 156 Å². The Balaban J connectivity index is 1.62. The van der Waals surface area contributed by atoms with Gasteiger partial charge in [0.05, 0.1) is 16.9 Å². The first-order valence-electron chi connectivity index (χ1n) is 8.53. The number of carbonyl (C=O) groups excluding carboxylic acids is 1. The lowest BCUT2D eigenvalue weighted by Gasteiger charge is -2.24. The van der Waals surface area contributed by atoms with Crippen molar-refractivity contribution in [2.75, 3.05) is 11.6 Å². The van der Waals surface area contributed by atoms with Crippen LogP contribution in [0.25, 0.3) is 0 Å². The Morgan fingerprint density at radius 3 is 2.56 bits per heavy atom. The summed E-state index contributed by atoms with van der Waals surface area (Å²) in [7, 11) is 0. The van der Waals surface area contributed by atoms with E-state index in [0.717, 1.165) is 5.69 Å². The predicted molar refractivity (Wildman–Crippen MR) is 101 cm³/mol. The second-order valence-corrected chi connectivity index (χ2v) is 5.84. The molecule has 0 atom stereocenters. The van der Waals surface area contributed by atoms with E-state index in [1.807, 2.05) is 72.8 Å². The highest BCUT2D eigenvalue weighted by Gasteiger charge is 2.25. The van der Waals surface area contributed by atoms with Crippen LogP contribution in [0.2, 0.25) is 0 Å². The fraction of sp³-hybridized carbons (Fsp3) is 0.0952. The van der Waals surface area contributed by atoms with Crippen molar-refractivity contribution >= 4 is 17.5 Å². The molecule has 0 N–H and O–H groups in total. The zero-order valence-electron chi connectivity index (χ0n) is 14.5. The number of aromatic nitrogens is 1. The third kappa shape index (κ3) is 3.79. The van der Waals surface area contributed by atoms with E-state index < -0.39 is 0 Å². The molecule has 134 valence electrons. The van der Waals surface area contributed by atoms with Crippen molar-refractivity contribution in [3.63, 3.8) is 0 Å². The number of nitrogens with zero attached hydrogens (tertiary/aromatic N) is 3. The molecule has 6 heteroatoms. The van der Waals surface area contributed by atoms with Crippen molar-refractivity contribution in [3.05, 3.63) is 90.3 Å². The fourth-order valence-corrected chi connectivity index (χ4v) is 2.67. The zero-order chi connectivity index (χ0) is 18.5. The molecule has 4 rings (SSSR count). The molecule has 2 heterocycles. The molecule has 0 saturated carbocycles. The summed E-state index contributed by atoms with van der Waals surface area (Å²) < 4.78 is 11.5. The van der Waals surface area contributed by atoms with E-state index in [9.17, 15) is 4.79 Å². The second kappa shape index (κ2) is 7.70. The van der Waals surface area contributed by atoms with Crippen LogP contribution in [0.3, 0.4) is 0 Å². The molecule has 0 aliphatic carbocycles. The Hall–Kier alpha value is -3.67. The van der Waals surface area contributed by atoms with Gasteiger partial charge < -0.3 is 9.47 Å². The van der Waals surface area contributed by atoms with Gasteiger partial charge in [-0.3, -0.25) is 9.78 Å². The van der Waals surface area contributed by atoms with Gasteiger partial charge in [-0.2, -0.15) is 5.01 Å². The van der Waals surface area contributed by atoms with E-state index in [1.54, 1.807) is 6.20 Å². The van der Waals surface area contributed by atoms with Gasteiger partial charge >= 0.3 is 0 Å². The van der Waals surface area contributed by atoms with Gasteiger partial charge in [0.25, 0.3) is 5.91 Å². The number of benzene rings is 2. The molecule has 0 radical (unpaired) electrons. The van der Waals surface area contributed by atoms with E-state index in [0.29, 0.717) is 29.5 Å². The van der Waals surface area contributed by atoms with E-state index >= 15 is 0 Å². The first-order valence-corrected chi connectivity index (χ1v) is 8.53. The summed E-state index contributed by atoms with van der Waals surface area (Å²) in [5.41, 5.74) is 2.19. The van der Waals surface area contributed by atoms with Crippen molar-refractivity contribution in [1.29, 1.82) is 0 Å².